The minimum Gasteiger partial charge on any atom is -0.353 e. The van der Waals surface area contributed by atoms with Crippen LogP contribution in [0.1, 0.15) is 0 Å². The maximum atomic E-state index is 11.0. The van der Waals surface area contributed by atoms with E-state index in [1.54, 1.807) is 4.90 Å². The maximum Gasteiger partial charge on any atom is 0.229 e. The van der Waals surface area contributed by atoms with Crippen molar-refractivity contribution in [2.45, 2.75) is 0 Å². The molecule has 142 valence electrons. The van der Waals surface area contributed by atoms with Crippen LogP contribution in [0.2, 0.25) is 5.02 Å². The lowest BCUT2D eigenvalue weighted by Gasteiger charge is -2.33. The number of rotatable bonds is 5. The molecule has 1 saturated heterocycles. The SMILES string of the molecule is O=CN1CCN(c2cc(-c3ccccc3)nc(Nc3ccc(Cl)cc3)n2)CC1. The Morgan fingerprint density at radius 2 is 1.64 bits per heavy atom. The van der Waals surface area contributed by atoms with Crippen molar-refractivity contribution in [3.63, 3.8) is 0 Å². The molecule has 3 aromatic rings. The summed E-state index contributed by atoms with van der Waals surface area (Å²) in [4.78, 5) is 24.4. The number of piperazine rings is 1. The van der Waals surface area contributed by atoms with Crippen LogP contribution >= 0.6 is 11.6 Å². The van der Waals surface area contributed by atoms with Gasteiger partial charge >= 0.3 is 0 Å². The first-order valence-corrected chi connectivity index (χ1v) is 9.50. The average Bonchev–Trinajstić information content (AvgIpc) is 2.76. The van der Waals surface area contributed by atoms with Crippen molar-refractivity contribution in [1.82, 2.24) is 14.9 Å². The van der Waals surface area contributed by atoms with Gasteiger partial charge in [-0.3, -0.25) is 4.79 Å². The van der Waals surface area contributed by atoms with Gasteiger partial charge in [0.25, 0.3) is 0 Å². The summed E-state index contributed by atoms with van der Waals surface area (Å²) in [7, 11) is 0. The molecule has 2 aromatic carbocycles. The smallest absolute Gasteiger partial charge is 0.229 e. The summed E-state index contributed by atoms with van der Waals surface area (Å²) in [5, 5.41) is 3.95. The highest BCUT2D eigenvalue weighted by Crippen LogP contribution is 2.26. The van der Waals surface area contributed by atoms with Crippen molar-refractivity contribution in [3.05, 3.63) is 65.7 Å². The van der Waals surface area contributed by atoms with Gasteiger partial charge in [0.15, 0.2) is 0 Å². The van der Waals surface area contributed by atoms with Crippen LogP contribution in [0, 0.1) is 0 Å². The molecule has 1 fully saturated rings. The zero-order chi connectivity index (χ0) is 19.3. The van der Waals surface area contributed by atoms with Gasteiger partial charge in [-0.05, 0) is 24.3 Å². The van der Waals surface area contributed by atoms with Gasteiger partial charge in [-0.1, -0.05) is 41.9 Å². The summed E-state index contributed by atoms with van der Waals surface area (Å²) in [6, 6.07) is 19.5. The van der Waals surface area contributed by atoms with Gasteiger partial charge in [-0.15, -0.1) is 0 Å². The Balaban J connectivity index is 1.67. The maximum absolute atomic E-state index is 11.0. The second kappa shape index (κ2) is 8.27. The molecule has 0 bridgehead atoms. The summed E-state index contributed by atoms with van der Waals surface area (Å²) in [5.74, 6) is 1.37. The molecule has 0 radical (unpaired) electrons. The minimum absolute atomic E-state index is 0.525. The van der Waals surface area contributed by atoms with E-state index >= 15 is 0 Å². The molecule has 1 N–H and O–H groups in total. The highest BCUT2D eigenvalue weighted by atomic mass is 35.5. The van der Waals surface area contributed by atoms with Gasteiger partial charge in [-0.2, -0.15) is 4.98 Å². The lowest BCUT2D eigenvalue weighted by molar-refractivity contribution is -0.118. The Morgan fingerprint density at radius 1 is 0.929 bits per heavy atom. The molecule has 0 spiro atoms. The zero-order valence-electron chi connectivity index (χ0n) is 15.3. The van der Waals surface area contributed by atoms with E-state index in [-0.39, 0.29) is 0 Å². The van der Waals surface area contributed by atoms with Crippen LogP contribution in [0.4, 0.5) is 17.5 Å². The Morgan fingerprint density at radius 3 is 2.32 bits per heavy atom. The van der Waals surface area contributed by atoms with Crippen LogP contribution < -0.4 is 10.2 Å². The molecule has 1 aliphatic rings. The third-order valence-corrected chi connectivity index (χ3v) is 4.92. The molecule has 1 aromatic heterocycles. The zero-order valence-corrected chi connectivity index (χ0v) is 16.0. The summed E-state index contributed by atoms with van der Waals surface area (Å²) in [6.07, 6.45) is 0.903. The number of hydrogen-bond acceptors (Lipinski definition) is 5. The molecule has 1 amide bonds. The van der Waals surface area contributed by atoms with E-state index in [4.69, 9.17) is 21.6 Å². The molecular weight excluding hydrogens is 374 g/mol. The fraction of sp³-hybridized carbons (Fsp3) is 0.190. The van der Waals surface area contributed by atoms with E-state index in [0.717, 1.165) is 42.3 Å². The van der Waals surface area contributed by atoms with Crippen LogP contribution in [-0.4, -0.2) is 47.5 Å². The van der Waals surface area contributed by atoms with Crippen LogP contribution in [0.3, 0.4) is 0 Å². The standard InChI is InChI=1S/C21H20ClN5O/c22-17-6-8-18(9-7-17)23-21-24-19(16-4-2-1-3-5-16)14-20(25-21)27-12-10-26(15-28)11-13-27/h1-9,14-15H,10-13H2,(H,23,24,25). The van der Waals surface area contributed by atoms with E-state index in [1.807, 2.05) is 60.7 Å². The lowest BCUT2D eigenvalue weighted by Crippen LogP contribution is -2.46. The molecular formula is C21H20ClN5O. The number of carbonyl (C=O) groups is 1. The Bertz CT molecular complexity index is 941. The third-order valence-electron chi connectivity index (χ3n) is 4.67. The Hall–Kier alpha value is -3.12. The summed E-state index contributed by atoms with van der Waals surface area (Å²) >= 11 is 5.98. The van der Waals surface area contributed by atoms with Crippen molar-refractivity contribution < 1.29 is 4.79 Å². The highest BCUT2D eigenvalue weighted by Gasteiger charge is 2.18. The van der Waals surface area contributed by atoms with Gasteiger partial charge < -0.3 is 15.1 Å². The first-order chi connectivity index (χ1) is 13.7. The number of benzene rings is 2. The van der Waals surface area contributed by atoms with Gasteiger partial charge in [-0.25, -0.2) is 4.98 Å². The topological polar surface area (TPSA) is 61.4 Å². The second-order valence-electron chi connectivity index (χ2n) is 6.56. The molecule has 6 nitrogen and oxygen atoms in total. The third kappa shape index (κ3) is 4.23. The number of halogens is 1. The monoisotopic (exact) mass is 393 g/mol. The van der Waals surface area contributed by atoms with E-state index in [0.29, 0.717) is 24.1 Å². The molecule has 28 heavy (non-hydrogen) atoms. The van der Waals surface area contributed by atoms with Gasteiger partial charge in [0.1, 0.15) is 5.82 Å². The second-order valence-corrected chi connectivity index (χ2v) is 7.00. The predicted molar refractivity (Wildman–Crippen MR) is 112 cm³/mol. The quantitative estimate of drug-likeness (QED) is 0.668. The molecule has 1 aliphatic heterocycles. The first kappa shape index (κ1) is 18.3. The summed E-state index contributed by atoms with van der Waals surface area (Å²) in [6.45, 7) is 2.86. The number of nitrogens with zero attached hydrogens (tertiary/aromatic N) is 4. The van der Waals surface area contributed by atoms with Crippen LogP contribution in [-0.2, 0) is 4.79 Å². The summed E-state index contributed by atoms with van der Waals surface area (Å²) < 4.78 is 0. The average molecular weight is 394 g/mol. The normalized spacial score (nSPS) is 14.0. The Kier molecular flexibility index (Phi) is 5.39. The first-order valence-electron chi connectivity index (χ1n) is 9.13. The number of hydrogen-bond donors (Lipinski definition) is 1. The number of carbonyl (C=O) groups excluding carboxylic acids is 1. The molecule has 0 unspecified atom stereocenters. The summed E-state index contributed by atoms with van der Waals surface area (Å²) in [5.41, 5.74) is 2.74. The van der Waals surface area contributed by atoms with E-state index in [2.05, 4.69) is 10.2 Å². The van der Waals surface area contributed by atoms with Gasteiger partial charge in [0.2, 0.25) is 12.4 Å². The van der Waals surface area contributed by atoms with E-state index < -0.39 is 0 Å². The molecule has 4 rings (SSSR count). The molecule has 0 atom stereocenters. The largest absolute Gasteiger partial charge is 0.353 e. The number of nitrogens with one attached hydrogen (secondary N) is 1. The van der Waals surface area contributed by atoms with Gasteiger partial charge in [0, 0.05) is 48.5 Å². The van der Waals surface area contributed by atoms with Crippen LogP contribution in [0.25, 0.3) is 11.3 Å². The van der Waals surface area contributed by atoms with Crippen molar-refractivity contribution in [2.75, 3.05) is 36.4 Å². The fourth-order valence-corrected chi connectivity index (χ4v) is 3.25. The van der Waals surface area contributed by atoms with Gasteiger partial charge in [0.05, 0.1) is 5.69 Å². The van der Waals surface area contributed by atoms with Crippen molar-refractivity contribution in [1.29, 1.82) is 0 Å². The van der Waals surface area contributed by atoms with E-state index in [9.17, 15) is 4.79 Å². The highest BCUT2D eigenvalue weighted by molar-refractivity contribution is 6.30. The van der Waals surface area contributed by atoms with Crippen molar-refractivity contribution >= 4 is 35.5 Å². The van der Waals surface area contributed by atoms with Crippen LogP contribution in [0.5, 0.6) is 0 Å². The number of amides is 1. The minimum atomic E-state index is 0.525. The van der Waals surface area contributed by atoms with Crippen molar-refractivity contribution in [2.24, 2.45) is 0 Å². The molecule has 2 heterocycles. The Labute approximate surface area is 168 Å². The lowest BCUT2D eigenvalue weighted by atomic mass is 10.1. The van der Waals surface area contributed by atoms with E-state index in [1.165, 1.54) is 0 Å². The molecule has 0 saturated carbocycles. The number of anilines is 3. The predicted octanol–water partition coefficient (Wildman–Crippen LogP) is 3.82. The number of aromatic nitrogens is 2. The van der Waals surface area contributed by atoms with Crippen LogP contribution in [0.15, 0.2) is 60.7 Å². The fourth-order valence-electron chi connectivity index (χ4n) is 3.13. The molecule has 0 aliphatic carbocycles. The molecule has 7 heteroatoms. The van der Waals surface area contributed by atoms with Crippen molar-refractivity contribution in [3.8, 4) is 11.3 Å².